The minimum atomic E-state index is 0. The van der Waals surface area contributed by atoms with Crippen LogP contribution in [0.15, 0.2) is 46.1 Å². The summed E-state index contributed by atoms with van der Waals surface area (Å²) < 4.78 is 10.8. The molecule has 1 fully saturated rings. The summed E-state index contributed by atoms with van der Waals surface area (Å²) in [5.74, 6) is 1.69. The van der Waals surface area contributed by atoms with Crippen molar-refractivity contribution in [3.8, 4) is 5.75 Å². The molecule has 3 rings (SSSR count). The highest BCUT2D eigenvalue weighted by molar-refractivity contribution is 14.0. The van der Waals surface area contributed by atoms with Crippen LogP contribution in [0.4, 0.5) is 0 Å². The molecule has 2 aromatic rings. The van der Waals surface area contributed by atoms with Gasteiger partial charge in [0.15, 0.2) is 5.96 Å². The molecule has 0 spiro atoms. The number of aliphatic imine (C=N–C) groups is 1. The molecule has 1 unspecified atom stereocenters. The van der Waals surface area contributed by atoms with Crippen molar-refractivity contribution in [2.45, 2.75) is 12.6 Å². The molecule has 6 nitrogen and oxygen atoms in total. The molecule has 1 saturated heterocycles. The highest BCUT2D eigenvalue weighted by atomic mass is 127. The number of ether oxygens (including phenoxy) is 2. The first-order valence-corrected chi connectivity index (χ1v) is 10.2. The highest BCUT2D eigenvalue weighted by Crippen LogP contribution is 2.23. The van der Waals surface area contributed by atoms with E-state index in [1.807, 2.05) is 12.1 Å². The molecule has 0 saturated carbocycles. The Bertz CT molecular complexity index is 704. The largest absolute Gasteiger partial charge is 0.497 e. The molecule has 8 heteroatoms. The monoisotopic (exact) mass is 516 g/mol. The van der Waals surface area contributed by atoms with E-state index in [0.29, 0.717) is 0 Å². The number of guanidine groups is 1. The van der Waals surface area contributed by atoms with E-state index in [1.165, 1.54) is 11.1 Å². The lowest BCUT2D eigenvalue weighted by Gasteiger charge is -2.35. The number of halogens is 1. The van der Waals surface area contributed by atoms with Crippen LogP contribution in [0, 0.1) is 0 Å². The fourth-order valence-electron chi connectivity index (χ4n) is 3.17. The number of morpholine rings is 1. The van der Waals surface area contributed by atoms with Gasteiger partial charge >= 0.3 is 0 Å². The van der Waals surface area contributed by atoms with E-state index in [9.17, 15) is 0 Å². The van der Waals surface area contributed by atoms with Gasteiger partial charge in [-0.2, -0.15) is 11.3 Å². The maximum Gasteiger partial charge on any atom is 0.191 e. The van der Waals surface area contributed by atoms with Gasteiger partial charge in [-0.3, -0.25) is 9.89 Å². The van der Waals surface area contributed by atoms with Crippen molar-refractivity contribution in [1.29, 1.82) is 0 Å². The molecule has 0 aliphatic carbocycles. The summed E-state index contributed by atoms with van der Waals surface area (Å²) in [4.78, 5) is 6.82. The Morgan fingerprint density at radius 3 is 2.57 bits per heavy atom. The van der Waals surface area contributed by atoms with Crippen LogP contribution in [0.25, 0.3) is 0 Å². The lowest BCUT2D eigenvalue weighted by molar-refractivity contribution is 0.0170. The van der Waals surface area contributed by atoms with Crippen molar-refractivity contribution in [3.05, 3.63) is 52.2 Å². The van der Waals surface area contributed by atoms with E-state index in [2.05, 4.69) is 49.5 Å². The number of nitrogens with one attached hydrogen (secondary N) is 2. The van der Waals surface area contributed by atoms with Crippen molar-refractivity contribution in [2.75, 3.05) is 47.0 Å². The first kappa shape index (κ1) is 22.9. The van der Waals surface area contributed by atoms with E-state index in [4.69, 9.17) is 9.47 Å². The quantitative estimate of drug-likeness (QED) is 0.337. The second kappa shape index (κ2) is 12.3. The standard InChI is InChI=1S/C20H28N4O2S.HI/c1-21-20(22-13-16-7-12-27-15-16)23-14-19(24-8-10-26-11-9-24)17-3-5-18(25-2)6-4-17;/h3-7,12,15,19H,8-11,13-14H2,1-2H3,(H2,21,22,23);1H. The summed E-state index contributed by atoms with van der Waals surface area (Å²) in [6.45, 7) is 4.96. The Morgan fingerprint density at radius 1 is 1.21 bits per heavy atom. The van der Waals surface area contributed by atoms with E-state index in [0.717, 1.165) is 51.1 Å². The van der Waals surface area contributed by atoms with Crippen molar-refractivity contribution in [2.24, 2.45) is 4.99 Å². The Hall–Kier alpha value is -1.36. The number of rotatable bonds is 7. The molecule has 0 amide bonds. The van der Waals surface area contributed by atoms with Gasteiger partial charge in [-0.05, 0) is 40.1 Å². The van der Waals surface area contributed by atoms with E-state index < -0.39 is 0 Å². The molecule has 1 aliphatic rings. The van der Waals surface area contributed by atoms with Gasteiger partial charge in [-0.15, -0.1) is 24.0 Å². The van der Waals surface area contributed by atoms with Crippen LogP contribution < -0.4 is 15.4 Å². The average molecular weight is 516 g/mol. The van der Waals surface area contributed by atoms with Gasteiger partial charge in [0.1, 0.15) is 5.75 Å². The summed E-state index contributed by atoms with van der Waals surface area (Å²) in [6, 6.07) is 10.7. The van der Waals surface area contributed by atoms with Crippen molar-refractivity contribution in [3.63, 3.8) is 0 Å². The molecular weight excluding hydrogens is 487 g/mol. The second-order valence-corrected chi connectivity index (χ2v) is 7.16. The predicted molar refractivity (Wildman–Crippen MR) is 126 cm³/mol. The van der Waals surface area contributed by atoms with Gasteiger partial charge in [0.05, 0.1) is 26.4 Å². The van der Waals surface area contributed by atoms with Crippen LogP contribution >= 0.6 is 35.3 Å². The molecule has 0 bridgehead atoms. The molecule has 1 aliphatic heterocycles. The lowest BCUT2D eigenvalue weighted by atomic mass is 10.0. The van der Waals surface area contributed by atoms with Crippen molar-refractivity contribution in [1.82, 2.24) is 15.5 Å². The minimum absolute atomic E-state index is 0. The summed E-state index contributed by atoms with van der Waals surface area (Å²) >= 11 is 1.71. The molecular formula is C20H29IN4O2S. The SMILES string of the molecule is CN=C(NCc1ccsc1)NCC(c1ccc(OC)cc1)N1CCOCC1.I. The van der Waals surface area contributed by atoms with E-state index >= 15 is 0 Å². The van der Waals surface area contributed by atoms with Crippen LogP contribution in [0.1, 0.15) is 17.2 Å². The van der Waals surface area contributed by atoms with Gasteiger partial charge < -0.3 is 20.1 Å². The van der Waals surface area contributed by atoms with Crippen molar-refractivity contribution < 1.29 is 9.47 Å². The van der Waals surface area contributed by atoms with Gasteiger partial charge in [0.25, 0.3) is 0 Å². The Labute approximate surface area is 188 Å². The number of hydrogen-bond acceptors (Lipinski definition) is 5. The average Bonchev–Trinajstić information content (AvgIpc) is 3.25. The summed E-state index contributed by atoms with van der Waals surface area (Å²) in [5.41, 5.74) is 2.53. The Kier molecular flexibility index (Phi) is 10.0. The lowest BCUT2D eigenvalue weighted by Crippen LogP contribution is -2.46. The van der Waals surface area contributed by atoms with Crippen LogP contribution in [0.5, 0.6) is 5.75 Å². The third kappa shape index (κ3) is 6.61. The minimum Gasteiger partial charge on any atom is -0.497 e. The summed E-state index contributed by atoms with van der Waals surface area (Å²) in [5, 5.41) is 11.1. The van der Waals surface area contributed by atoms with E-state index in [1.54, 1.807) is 25.5 Å². The first-order valence-electron chi connectivity index (χ1n) is 9.21. The van der Waals surface area contributed by atoms with Crippen LogP contribution in [-0.4, -0.2) is 57.9 Å². The smallest absolute Gasteiger partial charge is 0.191 e. The third-order valence-electron chi connectivity index (χ3n) is 4.71. The summed E-state index contributed by atoms with van der Waals surface area (Å²) in [6.07, 6.45) is 0. The first-order chi connectivity index (χ1) is 13.3. The number of nitrogens with zero attached hydrogens (tertiary/aromatic N) is 2. The molecule has 2 heterocycles. The zero-order valence-electron chi connectivity index (χ0n) is 16.4. The molecule has 2 N–H and O–H groups in total. The normalized spacial score (nSPS) is 16.1. The number of methoxy groups -OCH3 is 1. The van der Waals surface area contributed by atoms with Gasteiger partial charge in [0, 0.05) is 33.2 Å². The molecule has 1 aromatic carbocycles. The number of thiophene rings is 1. The van der Waals surface area contributed by atoms with Crippen LogP contribution in [0.3, 0.4) is 0 Å². The van der Waals surface area contributed by atoms with E-state index in [-0.39, 0.29) is 30.0 Å². The molecule has 154 valence electrons. The third-order valence-corrected chi connectivity index (χ3v) is 5.45. The van der Waals surface area contributed by atoms with Crippen LogP contribution in [0.2, 0.25) is 0 Å². The second-order valence-electron chi connectivity index (χ2n) is 6.38. The zero-order chi connectivity index (χ0) is 18.9. The fraction of sp³-hybridized carbons (Fsp3) is 0.450. The Morgan fingerprint density at radius 2 is 1.96 bits per heavy atom. The highest BCUT2D eigenvalue weighted by Gasteiger charge is 2.23. The Balaban J connectivity index is 0.00000280. The van der Waals surface area contributed by atoms with Crippen molar-refractivity contribution >= 4 is 41.3 Å². The number of benzene rings is 1. The topological polar surface area (TPSA) is 58.1 Å². The number of hydrogen-bond donors (Lipinski definition) is 2. The maximum atomic E-state index is 5.53. The predicted octanol–water partition coefficient (Wildman–Crippen LogP) is 3.11. The molecule has 28 heavy (non-hydrogen) atoms. The molecule has 1 atom stereocenters. The van der Waals surface area contributed by atoms with Gasteiger partial charge in [0.2, 0.25) is 0 Å². The van der Waals surface area contributed by atoms with Gasteiger partial charge in [-0.25, -0.2) is 0 Å². The van der Waals surface area contributed by atoms with Gasteiger partial charge in [-0.1, -0.05) is 12.1 Å². The molecule has 0 radical (unpaired) electrons. The molecule has 1 aromatic heterocycles. The summed E-state index contributed by atoms with van der Waals surface area (Å²) in [7, 11) is 3.50. The zero-order valence-corrected chi connectivity index (χ0v) is 19.5. The maximum absolute atomic E-state index is 5.53. The fourth-order valence-corrected chi connectivity index (χ4v) is 3.83. The van der Waals surface area contributed by atoms with Crippen LogP contribution in [-0.2, 0) is 11.3 Å².